The van der Waals surface area contributed by atoms with Gasteiger partial charge in [0.2, 0.25) is 0 Å². The summed E-state index contributed by atoms with van der Waals surface area (Å²) in [5, 5.41) is 3.41. The lowest BCUT2D eigenvalue weighted by molar-refractivity contribution is 0.583. The summed E-state index contributed by atoms with van der Waals surface area (Å²) < 4.78 is 0. The van der Waals surface area contributed by atoms with E-state index in [0.29, 0.717) is 6.04 Å². The van der Waals surface area contributed by atoms with Gasteiger partial charge in [-0.15, -0.1) is 0 Å². The number of hydrogen-bond acceptors (Lipinski definition) is 3. The first-order valence-electron chi connectivity index (χ1n) is 7.74. The molecule has 1 unspecified atom stereocenters. The lowest BCUT2D eigenvalue weighted by Gasteiger charge is -2.25. The average molecular weight is 259 g/mol. The van der Waals surface area contributed by atoms with Gasteiger partial charge in [0.25, 0.3) is 0 Å². The molecule has 0 amide bonds. The fraction of sp³-hybridized carbons (Fsp3) is 0.688. The molecule has 104 valence electrons. The smallest absolute Gasteiger partial charge is 0.0572 e. The van der Waals surface area contributed by atoms with Crippen LogP contribution in [0.5, 0.6) is 0 Å². The quantitative estimate of drug-likeness (QED) is 0.815. The van der Waals surface area contributed by atoms with Crippen LogP contribution in [0.3, 0.4) is 0 Å². The van der Waals surface area contributed by atoms with E-state index in [1.807, 2.05) is 0 Å². The number of pyridine rings is 1. The van der Waals surface area contributed by atoms with Crippen LogP contribution in [-0.4, -0.2) is 24.1 Å². The summed E-state index contributed by atoms with van der Waals surface area (Å²) in [6.45, 7) is 6.54. The topological polar surface area (TPSA) is 28.2 Å². The fourth-order valence-electron chi connectivity index (χ4n) is 2.66. The van der Waals surface area contributed by atoms with Gasteiger partial charge in [0.05, 0.1) is 17.6 Å². The van der Waals surface area contributed by atoms with Crippen molar-refractivity contribution in [3.63, 3.8) is 0 Å². The standard InChI is InChI=1S/C16H25N3/c1-3-17-12(2)16-9-8-15(10-18-16)19(14-6-7-14)11-13-4-5-13/h8-10,12-14,17H,3-7,11H2,1-2H3. The van der Waals surface area contributed by atoms with Crippen LogP contribution in [-0.2, 0) is 0 Å². The van der Waals surface area contributed by atoms with Gasteiger partial charge in [-0.25, -0.2) is 0 Å². The number of hydrogen-bond donors (Lipinski definition) is 1. The molecule has 3 heteroatoms. The molecule has 0 saturated heterocycles. The molecular weight excluding hydrogens is 234 g/mol. The second-order valence-corrected chi connectivity index (χ2v) is 6.05. The molecule has 2 fully saturated rings. The summed E-state index contributed by atoms with van der Waals surface area (Å²) in [6, 6.07) is 5.58. The molecule has 2 aliphatic carbocycles. The van der Waals surface area contributed by atoms with Crippen molar-refractivity contribution in [1.29, 1.82) is 0 Å². The van der Waals surface area contributed by atoms with Gasteiger partial charge in [0.1, 0.15) is 0 Å². The Kier molecular flexibility index (Phi) is 3.74. The first-order valence-corrected chi connectivity index (χ1v) is 7.74. The molecule has 1 aromatic rings. The SMILES string of the molecule is CCNC(C)c1ccc(N(CC2CC2)C2CC2)cn1. The molecular formula is C16H25N3. The van der Waals surface area contributed by atoms with Gasteiger partial charge in [-0.2, -0.15) is 0 Å². The number of rotatable bonds is 7. The van der Waals surface area contributed by atoms with Crippen LogP contribution in [0.1, 0.15) is 51.3 Å². The Hall–Kier alpha value is -1.09. The summed E-state index contributed by atoms with van der Waals surface area (Å²) in [4.78, 5) is 7.24. The molecule has 19 heavy (non-hydrogen) atoms. The van der Waals surface area contributed by atoms with Crippen molar-refractivity contribution in [2.24, 2.45) is 5.92 Å². The number of nitrogens with one attached hydrogen (secondary N) is 1. The van der Waals surface area contributed by atoms with Crippen molar-refractivity contribution in [3.8, 4) is 0 Å². The molecule has 1 N–H and O–H groups in total. The Bertz CT molecular complexity index is 407. The van der Waals surface area contributed by atoms with Crippen molar-refractivity contribution in [3.05, 3.63) is 24.0 Å². The Labute approximate surface area is 116 Å². The van der Waals surface area contributed by atoms with E-state index in [0.717, 1.165) is 24.2 Å². The number of nitrogens with zero attached hydrogens (tertiary/aromatic N) is 2. The van der Waals surface area contributed by atoms with Crippen LogP contribution in [0.25, 0.3) is 0 Å². The Morgan fingerprint density at radius 2 is 2.11 bits per heavy atom. The van der Waals surface area contributed by atoms with E-state index >= 15 is 0 Å². The van der Waals surface area contributed by atoms with Gasteiger partial charge in [-0.3, -0.25) is 4.98 Å². The highest BCUT2D eigenvalue weighted by Gasteiger charge is 2.33. The molecule has 0 aliphatic heterocycles. The van der Waals surface area contributed by atoms with Gasteiger partial charge in [0.15, 0.2) is 0 Å². The van der Waals surface area contributed by atoms with Crippen molar-refractivity contribution in [2.75, 3.05) is 18.0 Å². The largest absolute Gasteiger partial charge is 0.367 e. The Morgan fingerprint density at radius 1 is 1.32 bits per heavy atom. The van der Waals surface area contributed by atoms with Crippen LogP contribution >= 0.6 is 0 Å². The van der Waals surface area contributed by atoms with E-state index in [1.54, 1.807) is 0 Å². The molecule has 3 rings (SSSR count). The highest BCUT2D eigenvalue weighted by atomic mass is 15.2. The van der Waals surface area contributed by atoms with Crippen LogP contribution in [0.15, 0.2) is 18.3 Å². The lowest BCUT2D eigenvalue weighted by atomic mass is 10.2. The molecule has 3 nitrogen and oxygen atoms in total. The zero-order valence-corrected chi connectivity index (χ0v) is 12.1. The lowest BCUT2D eigenvalue weighted by Crippen LogP contribution is -2.28. The molecule has 2 saturated carbocycles. The second-order valence-electron chi connectivity index (χ2n) is 6.05. The second kappa shape index (κ2) is 5.49. The minimum Gasteiger partial charge on any atom is -0.367 e. The Morgan fingerprint density at radius 3 is 2.63 bits per heavy atom. The minimum atomic E-state index is 0.344. The van der Waals surface area contributed by atoms with Crippen LogP contribution in [0, 0.1) is 5.92 Å². The number of aromatic nitrogens is 1. The number of anilines is 1. The van der Waals surface area contributed by atoms with Crippen molar-refractivity contribution in [1.82, 2.24) is 10.3 Å². The van der Waals surface area contributed by atoms with Crippen molar-refractivity contribution >= 4 is 5.69 Å². The van der Waals surface area contributed by atoms with E-state index in [4.69, 9.17) is 0 Å². The van der Waals surface area contributed by atoms with E-state index in [1.165, 1.54) is 37.9 Å². The van der Waals surface area contributed by atoms with Gasteiger partial charge < -0.3 is 10.2 Å². The highest BCUT2D eigenvalue weighted by Crippen LogP contribution is 2.37. The summed E-state index contributed by atoms with van der Waals surface area (Å²) in [5.41, 5.74) is 2.47. The first kappa shape index (κ1) is 12.9. The zero-order valence-electron chi connectivity index (χ0n) is 12.1. The monoisotopic (exact) mass is 259 g/mol. The normalized spacial score (nSPS) is 20.3. The summed E-state index contributed by atoms with van der Waals surface area (Å²) in [7, 11) is 0. The summed E-state index contributed by atoms with van der Waals surface area (Å²) in [6.07, 6.45) is 7.65. The van der Waals surface area contributed by atoms with Gasteiger partial charge in [0, 0.05) is 18.6 Å². The predicted octanol–water partition coefficient (Wildman–Crippen LogP) is 3.13. The summed E-state index contributed by atoms with van der Waals surface area (Å²) >= 11 is 0. The molecule has 2 aliphatic rings. The molecule has 0 spiro atoms. The van der Waals surface area contributed by atoms with Crippen LogP contribution in [0.2, 0.25) is 0 Å². The minimum absolute atomic E-state index is 0.344. The van der Waals surface area contributed by atoms with E-state index < -0.39 is 0 Å². The third-order valence-corrected chi connectivity index (χ3v) is 4.20. The van der Waals surface area contributed by atoms with Crippen LogP contribution < -0.4 is 10.2 Å². The molecule has 0 radical (unpaired) electrons. The van der Waals surface area contributed by atoms with Crippen LogP contribution in [0.4, 0.5) is 5.69 Å². The summed E-state index contributed by atoms with van der Waals surface area (Å²) in [5.74, 6) is 0.945. The predicted molar refractivity (Wildman–Crippen MR) is 79.4 cm³/mol. The first-order chi connectivity index (χ1) is 9.28. The van der Waals surface area contributed by atoms with Gasteiger partial charge in [-0.1, -0.05) is 6.92 Å². The zero-order chi connectivity index (χ0) is 13.2. The molecule has 1 heterocycles. The fourth-order valence-corrected chi connectivity index (χ4v) is 2.66. The maximum Gasteiger partial charge on any atom is 0.0572 e. The Balaban J connectivity index is 1.68. The van der Waals surface area contributed by atoms with Crippen molar-refractivity contribution < 1.29 is 0 Å². The highest BCUT2D eigenvalue weighted by molar-refractivity contribution is 5.47. The van der Waals surface area contributed by atoms with E-state index in [9.17, 15) is 0 Å². The van der Waals surface area contributed by atoms with E-state index in [-0.39, 0.29) is 0 Å². The van der Waals surface area contributed by atoms with Gasteiger partial charge in [-0.05, 0) is 57.2 Å². The third-order valence-electron chi connectivity index (χ3n) is 4.20. The third kappa shape index (κ3) is 3.27. The molecule has 0 bridgehead atoms. The maximum absolute atomic E-state index is 4.65. The molecule has 0 aromatic carbocycles. The maximum atomic E-state index is 4.65. The average Bonchev–Trinajstić information content (AvgIpc) is 3.28. The van der Waals surface area contributed by atoms with E-state index in [2.05, 4.69) is 47.4 Å². The molecule has 1 aromatic heterocycles. The van der Waals surface area contributed by atoms with Crippen molar-refractivity contribution in [2.45, 2.75) is 51.6 Å². The molecule has 1 atom stereocenters. The van der Waals surface area contributed by atoms with Gasteiger partial charge >= 0.3 is 0 Å².